The van der Waals surface area contributed by atoms with Crippen LogP contribution >= 0.6 is 0 Å². The molecular weight excluding hydrogens is 288 g/mol. The normalized spacial score (nSPS) is 34.1. The van der Waals surface area contributed by atoms with Crippen LogP contribution in [0.3, 0.4) is 0 Å². The zero-order valence-corrected chi connectivity index (χ0v) is 13.9. The van der Waals surface area contributed by atoms with Crippen molar-refractivity contribution in [3.8, 4) is 0 Å². The number of rotatable bonds is 9. The maximum atomic E-state index is 9.85. The summed E-state index contributed by atoms with van der Waals surface area (Å²) in [5, 5.41) is 38.3. The first-order valence-corrected chi connectivity index (χ1v) is 8.28. The van der Waals surface area contributed by atoms with Crippen molar-refractivity contribution in [1.29, 1.82) is 0 Å². The number of hydrogen-bond donors (Lipinski definition) is 4. The van der Waals surface area contributed by atoms with Gasteiger partial charge in [0.2, 0.25) is 0 Å². The Morgan fingerprint density at radius 2 is 1.64 bits per heavy atom. The highest BCUT2D eigenvalue weighted by molar-refractivity contribution is 4.88. The molecule has 0 saturated carbocycles. The van der Waals surface area contributed by atoms with Crippen molar-refractivity contribution >= 4 is 0 Å². The highest BCUT2D eigenvalue weighted by Gasteiger charge is 2.43. The molecule has 0 aliphatic carbocycles. The molecular formula is C16H32O6. The van der Waals surface area contributed by atoms with Gasteiger partial charge in [0.15, 0.2) is 6.29 Å². The van der Waals surface area contributed by atoms with Gasteiger partial charge in [-0.15, -0.1) is 0 Å². The third kappa shape index (κ3) is 6.10. The molecule has 132 valence electrons. The summed E-state index contributed by atoms with van der Waals surface area (Å²) in [5.74, 6) is 1.24. The fraction of sp³-hybridized carbons (Fsp3) is 1.00. The third-order valence-electron chi connectivity index (χ3n) is 4.22. The van der Waals surface area contributed by atoms with Crippen LogP contribution in [0.15, 0.2) is 0 Å². The van der Waals surface area contributed by atoms with Crippen molar-refractivity contribution in [2.45, 2.75) is 77.2 Å². The first-order chi connectivity index (χ1) is 10.4. The molecule has 6 atom stereocenters. The second-order valence-corrected chi connectivity index (χ2v) is 6.79. The summed E-state index contributed by atoms with van der Waals surface area (Å²) >= 11 is 0. The van der Waals surface area contributed by atoms with E-state index in [1.807, 2.05) is 0 Å². The Morgan fingerprint density at radius 3 is 2.23 bits per heavy atom. The maximum Gasteiger partial charge on any atom is 0.186 e. The Hall–Kier alpha value is -0.240. The number of aliphatic hydroxyl groups excluding tert-OH is 4. The van der Waals surface area contributed by atoms with E-state index in [0.29, 0.717) is 12.5 Å². The monoisotopic (exact) mass is 320 g/mol. The van der Waals surface area contributed by atoms with Crippen LogP contribution in [0.1, 0.15) is 46.5 Å². The number of ether oxygens (including phenoxy) is 2. The topological polar surface area (TPSA) is 99.4 Å². The van der Waals surface area contributed by atoms with Crippen molar-refractivity contribution < 1.29 is 29.9 Å². The Bertz CT molecular complexity index is 296. The van der Waals surface area contributed by atoms with Crippen molar-refractivity contribution in [1.82, 2.24) is 0 Å². The Labute approximate surface area is 133 Å². The quantitative estimate of drug-likeness (QED) is 0.498. The predicted molar refractivity (Wildman–Crippen MR) is 82.2 cm³/mol. The van der Waals surface area contributed by atoms with Crippen LogP contribution in [0.25, 0.3) is 0 Å². The van der Waals surface area contributed by atoms with Gasteiger partial charge in [0.1, 0.15) is 24.4 Å². The number of aliphatic hydroxyl groups is 4. The first-order valence-electron chi connectivity index (χ1n) is 8.28. The molecule has 0 aromatic carbocycles. The second-order valence-electron chi connectivity index (χ2n) is 6.79. The van der Waals surface area contributed by atoms with Crippen LogP contribution in [0, 0.1) is 11.8 Å². The van der Waals surface area contributed by atoms with E-state index in [9.17, 15) is 15.3 Å². The zero-order valence-electron chi connectivity index (χ0n) is 13.9. The van der Waals surface area contributed by atoms with Crippen molar-refractivity contribution in [3.05, 3.63) is 0 Å². The van der Waals surface area contributed by atoms with Crippen LogP contribution in [0.4, 0.5) is 0 Å². The molecule has 4 N–H and O–H groups in total. The van der Waals surface area contributed by atoms with Crippen LogP contribution < -0.4 is 0 Å². The highest BCUT2D eigenvalue weighted by Crippen LogP contribution is 2.23. The predicted octanol–water partition coefficient (Wildman–Crippen LogP) is 0.655. The Morgan fingerprint density at radius 1 is 0.955 bits per heavy atom. The lowest BCUT2D eigenvalue weighted by Crippen LogP contribution is -2.59. The summed E-state index contributed by atoms with van der Waals surface area (Å²) in [5.41, 5.74) is 0. The molecule has 6 unspecified atom stereocenters. The lowest BCUT2D eigenvalue weighted by atomic mass is 9.97. The van der Waals surface area contributed by atoms with E-state index in [2.05, 4.69) is 20.8 Å². The first kappa shape index (κ1) is 19.8. The molecule has 1 aliphatic heterocycles. The minimum absolute atomic E-state index is 0.408. The van der Waals surface area contributed by atoms with Gasteiger partial charge in [-0.2, -0.15) is 0 Å². The summed E-state index contributed by atoms with van der Waals surface area (Å²) in [6.45, 7) is 6.57. The zero-order chi connectivity index (χ0) is 16.7. The molecule has 0 bridgehead atoms. The molecule has 0 aromatic rings. The second kappa shape index (κ2) is 9.80. The molecule has 6 nitrogen and oxygen atoms in total. The molecule has 1 saturated heterocycles. The van der Waals surface area contributed by atoms with Crippen molar-refractivity contribution in [2.75, 3.05) is 13.2 Å². The maximum absolute atomic E-state index is 9.85. The van der Waals surface area contributed by atoms with E-state index < -0.39 is 37.3 Å². The summed E-state index contributed by atoms with van der Waals surface area (Å²) < 4.78 is 10.8. The van der Waals surface area contributed by atoms with Gasteiger partial charge in [0, 0.05) is 0 Å². The lowest BCUT2D eigenvalue weighted by molar-refractivity contribution is -0.301. The minimum atomic E-state index is -1.38. The summed E-state index contributed by atoms with van der Waals surface area (Å²) in [7, 11) is 0. The fourth-order valence-electron chi connectivity index (χ4n) is 2.61. The van der Waals surface area contributed by atoms with Crippen LogP contribution in [-0.4, -0.2) is 64.3 Å². The Kier molecular flexibility index (Phi) is 8.82. The SMILES string of the molecule is CC(C)CCCC(C)CCOC1OC(CO)C(O)C(O)C1O. The van der Waals surface area contributed by atoms with Gasteiger partial charge in [0.05, 0.1) is 13.2 Å². The van der Waals surface area contributed by atoms with Crippen LogP contribution in [0.5, 0.6) is 0 Å². The summed E-state index contributed by atoms with van der Waals surface area (Å²) in [6.07, 6.45) is -1.56. The molecule has 1 heterocycles. The molecule has 1 aliphatic rings. The molecule has 0 aromatic heterocycles. The summed E-state index contributed by atoms with van der Waals surface area (Å²) in [4.78, 5) is 0. The van der Waals surface area contributed by atoms with Crippen LogP contribution in [0.2, 0.25) is 0 Å². The Balaban J connectivity index is 2.28. The average Bonchev–Trinajstić information content (AvgIpc) is 2.47. The van der Waals surface area contributed by atoms with Gasteiger partial charge >= 0.3 is 0 Å². The van der Waals surface area contributed by atoms with Gasteiger partial charge in [-0.05, 0) is 18.3 Å². The third-order valence-corrected chi connectivity index (χ3v) is 4.22. The molecule has 1 fully saturated rings. The largest absolute Gasteiger partial charge is 0.394 e. The van der Waals surface area contributed by atoms with Crippen molar-refractivity contribution in [3.63, 3.8) is 0 Å². The van der Waals surface area contributed by atoms with E-state index in [-0.39, 0.29) is 0 Å². The van der Waals surface area contributed by atoms with Gasteiger partial charge in [0.25, 0.3) is 0 Å². The molecule has 0 radical (unpaired) electrons. The standard InChI is InChI=1S/C16H32O6/c1-10(2)5-4-6-11(3)7-8-21-16-15(20)14(19)13(18)12(9-17)22-16/h10-20H,4-9H2,1-3H3. The fourth-order valence-corrected chi connectivity index (χ4v) is 2.61. The van der Waals surface area contributed by atoms with E-state index in [1.165, 1.54) is 12.8 Å². The lowest BCUT2D eigenvalue weighted by Gasteiger charge is -2.39. The van der Waals surface area contributed by atoms with Gasteiger partial charge in [-0.25, -0.2) is 0 Å². The summed E-state index contributed by atoms with van der Waals surface area (Å²) in [6, 6.07) is 0. The highest BCUT2D eigenvalue weighted by atomic mass is 16.7. The van der Waals surface area contributed by atoms with Crippen molar-refractivity contribution in [2.24, 2.45) is 11.8 Å². The van der Waals surface area contributed by atoms with Gasteiger partial charge in [-0.1, -0.05) is 40.0 Å². The smallest absolute Gasteiger partial charge is 0.186 e. The molecule has 0 amide bonds. The van der Waals surface area contributed by atoms with Gasteiger partial charge < -0.3 is 29.9 Å². The molecule has 1 rings (SSSR count). The molecule has 6 heteroatoms. The van der Waals surface area contributed by atoms with E-state index >= 15 is 0 Å². The van der Waals surface area contributed by atoms with E-state index in [4.69, 9.17) is 14.6 Å². The van der Waals surface area contributed by atoms with E-state index in [1.54, 1.807) is 0 Å². The average molecular weight is 320 g/mol. The van der Waals surface area contributed by atoms with E-state index in [0.717, 1.165) is 18.8 Å². The van der Waals surface area contributed by atoms with Gasteiger partial charge in [-0.3, -0.25) is 0 Å². The molecule has 22 heavy (non-hydrogen) atoms. The number of hydrogen-bond acceptors (Lipinski definition) is 6. The minimum Gasteiger partial charge on any atom is -0.394 e. The molecule has 0 spiro atoms. The van der Waals surface area contributed by atoms with Crippen LogP contribution in [-0.2, 0) is 9.47 Å².